The van der Waals surface area contributed by atoms with Crippen molar-refractivity contribution in [1.29, 1.82) is 0 Å². The molecule has 0 amide bonds. The van der Waals surface area contributed by atoms with Crippen molar-refractivity contribution in [2.45, 2.75) is 38.9 Å². The summed E-state index contributed by atoms with van der Waals surface area (Å²) in [6, 6.07) is 11.3. The zero-order chi connectivity index (χ0) is 15.4. The molecule has 0 heterocycles. The summed E-state index contributed by atoms with van der Waals surface area (Å²) in [4.78, 5) is 11.3. The molecule has 112 valence electrons. The van der Waals surface area contributed by atoms with Crippen LogP contribution >= 0.6 is 0 Å². The summed E-state index contributed by atoms with van der Waals surface area (Å²) in [5, 5.41) is 21.0. The van der Waals surface area contributed by atoms with Crippen molar-refractivity contribution in [3.63, 3.8) is 0 Å². The fourth-order valence-electron chi connectivity index (χ4n) is 2.36. The van der Waals surface area contributed by atoms with Crippen LogP contribution in [0.3, 0.4) is 0 Å². The van der Waals surface area contributed by atoms with Gasteiger partial charge >= 0.3 is 5.97 Å². The van der Waals surface area contributed by atoms with Crippen molar-refractivity contribution in [3.8, 4) is 5.75 Å². The lowest BCUT2D eigenvalue weighted by atomic mass is 10.0. The lowest BCUT2D eigenvalue weighted by Crippen LogP contribution is -2.27. The van der Waals surface area contributed by atoms with Gasteiger partial charge in [-0.3, -0.25) is 0 Å². The zero-order valence-corrected chi connectivity index (χ0v) is 12.2. The molecule has 4 nitrogen and oxygen atoms in total. The number of hydrogen-bond donors (Lipinski definition) is 2. The van der Waals surface area contributed by atoms with Gasteiger partial charge < -0.3 is 14.9 Å². The average molecular weight is 288 g/mol. The largest absolute Gasteiger partial charge is 0.479 e. The van der Waals surface area contributed by atoms with E-state index >= 15 is 0 Å². The third kappa shape index (κ3) is 3.34. The molecule has 2 aromatic carbocycles. The Kier molecular flexibility index (Phi) is 4.81. The summed E-state index contributed by atoms with van der Waals surface area (Å²) in [5.74, 6) is -0.523. The number of carboxylic acids is 1. The molecule has 2 atom stereocenters. The minimum absolute atomic E-state index is 0.428. The quantitative estimate of drug-likeness (QED) is 0.853. The van der Waals surface area contributed by atoms with Gasteiger partial charge in [-0.1, -0.05) is 49.7 Å². The molecule has 0 spiro atoms. The molecule has 2 unspecified atom stereocenters. The summed E-state index contributed by atoms with van der Waals surface area (Å²) < 4.78 is 5.76. The molecule has 0 aliphatic carbocycles. The van der Waals surface area contributed by atoms with E-state index in [1.165, 1.54) is 0 Å². The molecule has 0 aliphatic heterocycles. The Bertz CT molecular complexity index is 634. The second-order valence-electron chi connectivity index (χ2n) is 5.11. The van der Waals surface area contributed by atoms with Crippen LogP contribution in [0.5, 0.6) is 5.75 Å². The molecule has 2 rings (SSSR count). The lowest BCUT2D eigenvalue weighted by Gasteiger charge is -2.20. The molecule has 0 saturated carbocycles. The number of rotatable bonds is 6. The maximum absolute atomic E-state index is 11.3. The van der Waals surface area contributed by atoms with Crippen LogP contribution in [0.1, 0.15) is 38.4 Å². The second kappa shape index (κ2) is 6.59. The van der Waals surface area contributed by atoms with E-state index in [2.05, 4.69) is 0 Å². The van der Waals surface area contributed by atoms with Crippen molar-refractivity contribution in [1.82, 2.24) is 0 Å². The van der Waals surface area contributed by atoms with Gasteiger partial charge in [-0.2, -0.15) is 0 Å². The molecule has 21 heavy (non-hydrogen) atoms. The Hall–Kier alpha value is -2.07. The highest BCUT2D eigenvalue weighted by atomic mass is 16.5. The number of ether oxygens (including phenoxy) is 1. The van der Waals surface area contributed by atoms with Gasteiger partial charge in [-0.15, -0.1) is 0 Å². The zero-order valence-electron chi connectivity index (χ0n) is 12.2. The van der Waals surface area contributed by atoms with E-state index in [0.29, 0.717) is 24.2 Å². The van der Waals surface area contributed by atoms with Gasteiger partial charge in [0.25, 0.3) is 0 Å². The van der Waals surface area contributed by atoms with E-state index in [-0.39, 0.29) is 0 Å². The monoisotopic (exact) mass is 288 g/mol. The third-order valence-electron chi connectivity index (χ3n) is 3.45. The minimum Gasteiger partial charge on any atom is -0.479 e. The van der Waals surface area contributed by atoms with Gasteiger partial charge in [-0.05, 0) is 18.7 Å². The predicted octanol–water partition coefficient (Wildman–Crippen LogP) is 3.53. The molecule has 0 bridgehead atoms. The van der Waals surface area contributed by atoms with Crippen LogP contribution in [0.2, 0.25) is 0 Å². The van der Waals surface area contributed by atoms with Crippen LogP contribution in [0.15, 0.2) is 36.4 Å². The SMILES string of the molecule is CCCC(Oc1c(C(C)O)ccc2ccccc12)C(=O)O. The topological polar surface area (TPSA) is 66.8 Å². The van der Waals surface area contributed by atoms with Gasteiger partial charge in [0, 0.05) is 10.9 Å². The van der Waals surface area contributed by atoms with Crippen molar-refractivity contribution in [3.05, 3.63) is 42.0 Å². The molecular weight excluding hydrogens is 268 g/mol. The van der Waals surface area contributed by atoms with E-state index in [4.69, 9.17) is 4.74 Å². The Morgan fingerprint density at radius 1 is 1.24 bits per heavy atom. The maximum Gasteiger partial charge on any atom is 0.344 e. The number of aliphatic hydroxyl groups excluding tert-OH is 1. The van der Waals surface area contributed by atoms with E-state index in [1.54, 1.807) is 13.0 Å². The second-order valence-corrected chi connectivity index (χ2v) is 5.11. The summed E-state index contributed by atoms with van der Waals surface area (Å²) >= 11 is 0. The summed E-state index contributed by atoms with van der Waals surface area (Å²) in [7, 11) is 0. The van der Waals surface area contributed by atoms with Gasteiger partial charge in [0.2, 0.25) is 0 Å². The molecule has 0 aliphatic rings. The predicted molar refractivity (Wildman–Crippen MR) is 81.5 cm³/mol. The van der Waals surface area contributed by atoms with Crippen molar-refractivity contribution < 1.29 is 19.7 Å². The standard InChI is InChI=1S/C17H20O4/c1-3-6-15(17(19)20)21-16-13(11(2)18)10-9-12-7-4-5-8-14(12)16/h4-5,7-11,15,18H,3,6H2,1-2H3,(H,19,20). The highest BCUT2D eigenvalue weighted by Gasteiger charge is 2.22. The van der Waals surface area contributed by atoms with Gasteiger partial charge in [-0.25, -0.2) is 4.79 Å². The van der Waals surface area contributed by atoms with Crippen LogP contribution in [-0.2, 0) is 4.79 Å². The summed E-state index contributed by atoms with van der Waals surface area (Å²) in [6.07, 6.45) is -0.484. The average Bonchev–Trinajstić information content (AvgIpc) is 2.46. The summed E-state index contributed by atoms with van der Waals surface area (Å²) in [5.41, 5.74) is 0.607. The fourth-order valence-corrected chi connectivity index (χ4v) is 2.36. The number of hydrogen-bond acceptors (Lipinski definition) is 3. The Morgan fingerprint density at radius 2 is 1.95 bits per heavy atom. The van der Waals surface area contributed by atoms with E-state index in [1.807, 2.05) is 37.3 Å². The number of aliphatic hydroxyl groups is 1. The van der Waals surface area contributed by atoms with Gasteiger partial charge in [0.15, 0.2) is 6.10 Å². The third-order valence-corrected chi connectivity index (χ3v) is 3.45. The molecule has 0 radical (unpaired) electrons. The first-order chi connectivity index (χ1) is 10.0. The van der Waals surface area contributed by atoms with Crippen LogP contribution in [-0.4, -0.2) is 22.3 Å². The number of carbonyl (C=O) groups is 1. The first-order valence-corrected chi connectivity index (χ1v) is 7.13. The maximum atomic E-state index is 11.3. The van der Waals surface area contributed by atoms with Gasteiger partial charge in [0.05, 0.1) is 6.10 Å². The Morgan fingerprint density at radius 3 is 2.57 bits per heavy atom. The van der Waals surface area contributed by atoms with E-state index in [0.717, 1.165) is 10.8 Å². The molecule has 0 aromatic heterocycles. The first-order valence-electron chi connectivity index (χ1n) is 7.13. The number of benzene rings is 2. The van der Waals surface area contributed by atoms with Crippen molar-refractivity contribution in [2.24, 2.45) is 0 Å². The van der Waals surface area contributed by atoms with Crippen LogP contribution in [0.4, 0.5) is 0 Å². The summed E-state index contributed by atoms with van der Waals surface area (Å²) in [6.45, 7) is 3.56. The van der Waals surface area contributed by atoms with E-state index < -0.39 is 18.2 Å². The minimum atomic E-state index is -0.985. The highest BCUT2D eigenvalue weighted by Crippen LogP contribution is 2.34. The van der Waals surface area contributed by atoms with Crippen LogP contribution < -0.4 is 4.74 Å². The smallest absolute Gasteiger partial charge is 0.344 e. The van der Waals surface area contributed by atoms with Crippen LogP contribution in [0.25, 0.3) is 10.8 Å². The van der Waals surface area contributed by atoms with Crippen LogP contribution in [0, 0.1) is 0 Å². The van der Waals surface area contributed by atoms with E-state index in [9.17, 15) is 15.0 Å². The van der Waals surface area contributed by atoms with Crippen molar-refractivity contribution in [2.75, 3.05) is 0 Å². The lowest BCUT2D eigenvalue weighted by molar-refractivity contribution is -0.145. The highest BCUT2D eigenvalue weighted by molar-refractivity contribution is 5.90. The van der Waals surface area contributed by atoms with Gasteiger partial charge in [0.1, 0.15) is 5.75 Å². The fraction of sp³-hybridized carbons (Fsp3) is 0.353. The number of fused-ring (bicyclic) bond motifs is 1. The van der Waals surface area contributed by atoms with Crippen molar-refractivity contribution >= 4 is 16.7 Å². The molecule has 4 heteroatoms. The molecular formula is C17H20O4. The normalized spacial score (nSPS) is 13.9. The molecule has 2 N–H and O–H groups in total. The molecule has 2 aromatic rings. The Balaban J connectivity index is 2.53. The first kappa shape index (κ1) is 15.3. The molecule has 0 fully saturated rings. The number of aliphatic carboxylic acids is 1. The number of carboxylic acid groups (broad SMARTS) is 1. The molecule has 0 saturated heterocycles. The Labute approximate surface area is 124 Å².